The maximum Gasteiger partial charge on any atom is 0.320 e. The molecule has 2 saturated heterocycles. The summed E-state index contributed by atoms with van der Waals surface area (Å²) in [7, 11) is 0. The molecule has 0 aromatic rings. The number of rotatable bonds is 4. The van der Waals surface area contributed by atoms with Gasteiger partial charge in [-0.1, -0.05) is 0 Å². The molecule has 0 bridgehead atoms. The van der Waals surface area contributed by atoms with Gasteiger partial charge in [0, 0.05) is 38.9 Å². The molecule has 5 heteroatoms. The molecule has 2 amide bonds. The van der Waals surface area contributed by atoms with E-state index in [0.717, 1.165) is 58.5 Å². The normalized spacial score (nSPS) is 21.8. The third-order valence-corrected chi connectivity index (χ3v) is 4.48. The molecule has 0 atom stereocenters. The molecule has 122 valence electrons. The smallest absolute Gasteiger partial charge is 0.320 e. The highest BCUT2D eigenvalue weighted by Gasteiger charge is 2.28. The number of carbonyl (C=O) groups excluding carboxylic acids is 1. The van der Waals surface area contributed by atoms with Gasteiger partial charge in [0.2, 0.25) is 0 Å². The van der Waals surface area contributed by atoms with Crippen LogP contribution in [0.25, 0.3) is 0 Å². The molecule has 2 fully saturated rings. The van der Waals surface area contributed by atoms with Crippen molar-refractivity contribution < 1.29 is 14.3 Å². The largest absolute Gasteiger partial charge is 0.381 e. The van der Waals surface area contributed by atoms with Crippen molar-refractivity contribution in [2.75, 3.05) is 32.8 Å². The second-order valence-electron chi connectivity index (χ2n) is 6.30. The minimum atomic E-state index is 0.178. The summed E-state index contributed by atoms with van der Waals surface area (Å²) in [4.78, 5) is 16.4. The van der Waals surface area contributed by atoms with Crippen LogP contribution in [0.15, 0.2) is 0 Å². The summed E-state index contributed by atoms with van der Waals surface area (Å²) in [6, 6.07) is 0.440. The molecule has 0 spiro atoms. The van der Waals surface area contributed by atoms with Gasteiger partial charge in [0.05, 0.1) is 12.2 Å². The van der Waals surface area contributed by atoms with Gasteiger partial charge in [0.15, 0.2) is 0 Å². The molecular formula is C16H30N2O3. The number of amides is 2. The van der Waals surface area contributed by atoms with Gasteiger partial charge in [0.25, 0.3) is 0 Å². The van der Waals surface area contributed by atoms with E-state index >= 15 is 0 Å². The molecular weight excluding hydrogens is 268 g/mol. The Morgan fingerprint density at radius 3 is 2.29 bits per heavy atom. The van der Waals surface area contributed by atoms with Crippen molar-refractivity contribution in [3.05, 3.63) is 0 Å². The SMILES string of the molecule is CCN(C(=O)N1CCC(OC2CCOCC2)CC1)C(C)C. The number of hydrogen-bond donors (Lipinski definition) is 0. The van der Waals surface area contributed by atoms with Crippen molar-refractivity contribution in [2.45, 2.75) is 64.7 Å². The van der Waals surface area contributed by atoms with Crippen LogP contribution in [0.1, 0.15) is 46.5 Å². The van der Waals surface area contributed by atoms with E-state index in [1.807, 2.05) is 16.7 Å². The minimum Gasteiger partial charge on any atom is -0.381 e. The van der Waals surface area contributed by atoms with Crippen LogP contribution in [0.5, 0.6) is 0 Å². The van der Waals surface area contributed by atoms with Gasteiger partial charge < -0.3 is 19.3 Å². The van der Waals surface area contributed by atoms with Crippen LogP contribution in [0.4, 0.5) is 4.79 Å². The lowest BCUT2D eigenvalue weighted by molar-refractivity contribution is -0.0825. The summed E-state index contributed by atoms with van der Waals surface area (Å²) >= 11 is 0. The molecule has 0 aliphatic carbocycles. The fraction of sp³-hybridized carbons (Fsp3) is 0.938. The first-order valence-corrected chi connectivity index (χ1v) is 8.40. The van der Waals surface area contributed by atoms with E-state index in [1.54, 1.807) is 0 Å². The minimum absolute atomic E-state index is 0.178. The van der Waals surface area contributed by atoms with Crippen LogP contribution in [0.2, 0.25) is 0 Å². The zero-order chi connectivity index (χ0) is 15.2. The summed E-state index contributed by atoms with van der Waals surface area (Å²) in [6.07, 6.45) is 4.60. The average molecular weight is 298 g/mol. The summed E-state index contributed by atoms with van der Waals surface area (Å²) in [5.74, 6) is 0. The number of ether oxygens (including phenoxy) is 2. The summed E-state index contributed by atoms with van der Waals surface area (Å²) in [5, 5.41) is 0. The first kappa shape index (κ1) is 16.6. The maximum atomic E-state index is 12.5. The van der Waals surface area contributed by atoms with Crippen molar-refractivity contribution in [3.63, 3.8) is 0 Å². The Hall–Kier alpha value is -0.810. The highest BCUT2D eigenvalue weighted by atomic mass is 16.5. The number of likely N-dealkylation sites (tertiary alicyclic amines) is 1. The van der Waals surface area contributed by atoms with Gasteiger partial charge in [-0.2, -0.15) is 0 Å². The molecule has 2 aliphatic rings. The molecule has 0 radical (unpaired) electrons. The van der Waals surface area contributed by atoms with Gasteiger partial charge in [-0.25, -0.2) is 4.79 Å². The first-order chi connectivity index (χ1) is 10.1. The molecule has 0 aromatic heterocycles. The van der Waals surface area contributed by atoms with Gasteiger partial charge in [-0.15, -0.1) is 0 Å². The lowest BCUT2D eigenvalue weighted by atomic mass is 10.1. The lowest BCUT2D eigenvalue weighted by Gasteiger charge is -2.38. The Bertz CT molecular complexity index is 321. The van der Waals surface area contributed by atoms with E-state index in [9.17, 15) is 4.79 Å². The Kier molecular flexibility index (Phi) is 6.30. The third kappa shape index (κ3) is 4.58. The number of urea groups is 1. The predicted octanol–water partition coefficient (Wildman–Crippen LogP) is 2.50. The van der Waals surface area contributed by atoms with Crippen LogP contribution in [0.3, 0.4) is 0 Å². The van der Waals surface area contributed by atoms with Crippen LogP contribution in [-0.2, 0) is 9.47 Å². The molecule has 21 heavy (non-hydrogen) atoms. The van der Waals surface area contributed by atoms with E-state index in [-0.39, 0.29) is 12.1 Å². The molecule has 0 N–H and O–H groups in total. The van der Waals surface area contributed by atoms with E-state index in [0.29, 0.717) is 12.2 Å². The highest BCUT2D eigenvalue weighted by molar-refractivity contribution is 5.74. The zero-order valence-electron chi connectivity index (χ0n) is 13.7. The Morgan fingerprint density at radius 2 is 1.76 bits per heavy atom. The van der Waals surface area contributed by atoms with E-state index < -0.39 is 0 Å². The standard InChI is InChI=1S/C16H30N2O3/c1-4-18(13(2)3)16(19)17-9-5-14(6-10-17)21-15-7-11-20-12-8-15/h13-15H,4-12H2,1-3H3. The number of carbonyl (C=O) groups is 1. The van der Waals surface area contributed by atoms with Crippen LogP contribution in [-0.4, -0.2) is 66.9 Å². The molecule has 0 unspecified atom stereocenters. The van der Waals surface area contributed by atoms with Gasteiger partial charge in [-0.05, 0) is 46.5 Å². The van der Waals surface area contributed by atoms with Crippen molar-refractivity contribution >= 4 is 6.03 Å². The summed E-state index contributed by atoms with van der Waals surface area (Å²) in [5.41, 5.74) is 0. The van der Waals surface area contributed by atoms with Crippen LogP contribution >= 0.6 is 0 Å². The van der Waals surface area contributed by atoms with Crippen molar-refractivity contribution in [3.8, 4) is 0 Å². The fourth-order valence-corrected chi connectivity index (χ4v) is 3.17. The molecule has 0 aromatic carbocycles. The van der Waals surface area contributed by atoms with Crippen molar-refractivity contribution in [1.82, 2.24) is 9.80 Å². The van der Waals surface area contributed by atoms with Gasteiger partial charge in [0.1, 0.15) is 0 Å². The Morgan fingerprint density at radius 1 is 1.19 bits per heavy atom. The van der Waals surface area contributed by atoms with Gasteiger partial charge in [-0.3, -0.25) is 0 Å². The molecule has 0 saturated carbocycles. The Labute approximate surface area is 128 Å². The van der Waals surface area contributed by atoms with E-state index in [4.69, 9.17) is 9.47 Å². The molecule has 2 heterocycles. The highest BCUT2D eigenvalue weighted by Crippen LogP contribution is 2.21. The van der Waals surface area contributed by atoms with Crippen LogP contribution < -0.4 is 0 Å². The summed E-state index contributed by atoms with van der Waals surface area (Å²) in [6.45, 7) is 10.2. The lowest BCUT2D eigenvalue weighted by Crippen LogP contribution is -2.50. The van der Waals surface area contributed by atoms with E-state index in [1.165, 1.54) is 0 Å². The monoisotopic (exact) mass is 298 g/mol. The van der Waals surface area contributed by atoms with Crippen molar-refractivity contribution in [1.29, 1.82) is 0 Å². The third-order valence-electron chi connectivity index (χ3n) is 4.48. The van der Waals surface area contributed by atoms with E-state index in [2.05, 4.69) is 13.8 Å². The number of hydrogen-bond acceptors (Lipinski definition) is 3. The molecule has 2 aliphatic heterocycles. The fourth-order valence-electron chi connectivity index (χ4n) is 3.17. The second-order valence-corrected chi connectivity index (χ2v) is 6.30. The maximum absolute atomic E-state index is 12.5. The number of nitrogens with zero attached hydrogens (tertiary/aromatic N) is 2. The zero-order valence-corrected chi connectivity index (χ0v) is 13.7. The number of piperidine rings is 1. The Balaban J connectivity index is 1.75. The second kappa shape index (κ2) is 7.99. The molecule has 5 nitrogen and oxygen atoms in total. The predicted molar refractivity (Wildman–Crippen MR) is 82.4 cm³/mol. The summed E-state index contributed by atoms with van der Waals surface area (Å²) < 4.78 is 11.5. The first-order valence-electron chi connectivity index (χ1n) is 8.40. The quantitative estimate of drug-likeness (QED) is 0.801. The van der Waals surface area contributed by atoms with Crippen molar-refractivity contribution in [2.24, 2.45) is 0 Å². The molecule has 2 rings (SSSR count). The average Bonchev–Trinajstić information content (AvgIpc) is 2.49. The topological polar surface area (TPSA) is 42.0 Å². The van der Waals surface area contributed by atoms with Gasteiger partial charge >= 0.3 is 6.03 Å². The van der Waals surface area contributed by atoms with Crippen LogP contribution in [0, 0.1) is 0 Å².